The van der Waals surface area contributed by atoms with E-state index in [1.54, 1.807) is 11.8 Å². The molecule has 1 rings (SSSR count). The summed E-state index contributed by atoms with van der Waals surface area (Å²) < 4.78 is 0. The number of nitrogens with two attached hydrogens (primary N) is 2. The number of alkyl halides is 2. The van der Waals surface area contributed by atoms with E-state index in [2.05, 4.69) is 49.0 Å². The Morgan fingerprint density at radius 2 is 1.82 bits per heavy atom. The molecule has 28 heavy (non-hydrogen) atoms. The van der Waals surface area contributed by atoms with E-state index in [0.29, 0.717) is 13.0 Å². The maximum Gasteiger partial charge on any atom is 0.146 e. The van der Waals surface area contributed by atoms with Gasteiger partial charge in [-0.1, -0.05) is 30.4 Å². The van der Waals surface area contributed by atoms with Crippen LogP contribution in [-0.2, 0) is 4.79 Å². The van der Waals surface area contributed by atoms with Crippen molar-refractivity contribution in [2.24, 2.45) is 11.5 Å². The van der Waals surface area contributed by atoms with Crippen molar-refractivity contribution in [3.8, 4) is 0 Å². The van der Waals surface area contributed by atoms with Gasteiger partial charge in [-0.3, -0.25) is 4.79 Å². The Labute approximate surface area is 184 Å². The smallest absolute Gasteiger partial charge is 0.146 e. The summed E-state index contributed by atoms with van der Waals surface area (Å²) in [6.07, 6.45) is 5.59. The highest BCUT2D eigenvalue weighted by Gasteiger charge is 2.23. The standard InChI is InChI=1S/C18H29N3OS.C3H4Cl2/c1-13(11-19)10-17(14-4-7-16(23-3)8-5-14)18(21-2)9-6-15(22)12-20;1-2-3(4)5/h4-5,7-8,17-18,21H,1,6,9-12,19-20H2,2-3H3;2-3H,1H2. The van der Waals surface area contributed by atoms with Gasteiger partial charge in [0.05, 0.1) is 6.54 Å². The fourth-order valence-corrected chi connectivity index (χ4v) is 3.11. The summed E-state index contributed by atoms with van der Waals surface area (Å²) in [5.74, 6) is 0.344. The summed E-state index contributed by atoms with van der Waals surface area (Å²) in [5.41, 5.74) is 13.4. The van der Waals surface area contributed by atoms with Crippen LogP contribution in [-0.4, -0.2) is 43.1 Å². The zero-order chi connectivity index (χ0) is 21.5. The van der Waals surface area contributed by atoms with Gasteiger partial charge in [-0.2, -0.15) is 0 Å². The van der Waals surface area contributed by atoms with Crippen LogP contribution in [0.5, 0.6) is 0 Å². The molecule has 0 aliphatic carbocycles. The Balaban J connectivity index is 0.00000129. The fraction of sp³-hybridized carbons (Fsp3) is 0.476. The highest BCUT2D eigenvalue weighted by molar-refractivity contribution is 7.98. The lowest BCUT2D eigenvalue weighted by Gasteiger charge is -2.28. The van der Waals surface area contributed by atoms with Gasteiger partial charge in [0.25, 0.3) is 0 Å². The predicted molar refractivity (Wildman–Crippen MR) is 126 cm³/mol. The third-order valence-corrected chi connectivity index (χ3v) is 5.44. The van der Waals surface area contributed by atoms with Crippen molar-refractivity contribution in [1.82, 2.24) is 5.32 Å². The van der Waals surface area contributed by atoms with Gasteiger partial charge in [-0.05, 0) is 43.8 Å². The third kappa shape index (κ3) is 11.2. The van der Waals surface area contributed by atoms with Gasteiger partial charge in [0.2, 0.25) is 0 Å². The predicted octanol–water partition coefficient (Wildman–Crippen LogP) is 4.27. The second-order valence-corrected chi connectivity index (χ2v) is 8.33. The minimum Gasteiger partial charge on any atom is -0.327 e. The molecule has 2 atom stereocenters. The summed E-state index contributed by atoms with van der Waals surface area (Å²) in [7, 11) is 1.94. The summed E-state index contributed by atoms with van der Waals surface area (Å²) >= 11 is 11.9. The lowest BCUT2D eigenvalue weighted by Crippen LogP contribution is -2.34. The van der Waals surface area contributed by atoms with E-state index >= 15 is 0 Å². The molecule has 0 radical (unpaired) electrons. The van der Waals surface area contributed by atoms with E-state index in [1.165, 1.54) is 16.5 Å². The van der Waals surface area contributed by atoms with Crippen molar-refractivity contribution in [3.63, 3.8) is 0 Å². The number of rotatable bonds is 12. The highest BCUT2D eigenvalue weighted by atomic mass is 35.5. The van der Waals surface area contributed by atoms with Crippen molar-refractivity contribution in [3.05, 3.63) is 54.6 Å². The van der Waals surface area contributed by atoms with E-state index in [0.717, 1.165) is 18.4 Å². The number of carbonyl (C=O) groups is 1. The molecule has 0 bridgehead atoms. The number of halogens is 2. The molecule has 0 heterocycles. The Hall–Kier alpha value is -0.820. The molecular weight excluding hydrogens is 413 g/mol. The first-order valence-electron chi connectivity index (χ1n) is 9.13. The molecule has 0 saturated carbocycles. The average Bonchev–Trinajstić information content (AvgIpc) is 2.73. The molecule has 0 aromatic heterocycles. The SMILES string of the molecule is C=C(CN)CC(c1ccc(SC)cc1)C(CCC(=O)CN)NC.C=CC(Cl)Cl. The van der Waals surface area contributed by atoms with Gasteiger partial charge in [0.15, 0.2) is 0 Å². The van der Waals surface area contributed by atoms with Crippen molar-refractivity contribution >= 4 is 40.7 Å². The molecule has 158 valence electrons. The summed E-state index contributed by atoms with van der Waals surface area (Å²) in [4.78, 5) is 12.4. The van der Waals surface area contributed by atoms with E-state index in [4.69, 9.17) is 34.7 Å². The molecule has 0 aliphatic rings. The van der Waals surface area contributed by atoms with Gasteiger partial charge in [-0.15, -0.1) is 41.5 Å². The molecular formula is C21H33Cl2N3OS. The van der Waals surface area contributed by atoms with Crippen LogP contribution in [0.25, 0.3) is 0 Å². The molecule has 0 spiro atoms. The largest absolute Gasteiger partial charge is 0.327 e. The normalized spacial score (nSPS) is 12.7. The minimum atomic E-state index is -0.407. The highest BCUT2D eigenvalue weighted by Crippen LogP contribution is 2.30. The lowest BCUT2D eigenvalue weighted by atomic mass is 9.83. The first-order chi connectivity index (χ1) is 13.3. The summed E-state index contributed by atoms with van der Waals surface area (Å²) in [6.45, 7) is 7.95. The molecule has 0 aliphatic heterocycles. The second-order valence-electron chi connectivity index (χ2n) is 6.28. The summed E-state index contributed by atoms with van der Waals surface area (Å²) in [5, 5.41) is 3.36. The number of benzene rings is 1. The number of carbonyl (C=O) groups excluding carboxylic acids is 1. The molecule has 1 aromatic rings. The number of likely N-dealkylation sites (N-methyl/N-ethyl adjacent to an activating group) is 1. The van der Waals surface area contributed by atoms with E-state index < -0.39 is 4.84 Å². The molecule has 0 saturated heterocycles. The van der Waals surface area contributed by atoms with E-state index in [9.17, 15) is 4.79 Å². The lowest BCUT2D eigenvalue weighted by molar-refractivity contribution is -0.117. The topological polar surface area (TPSA) is 81.1 Å². The van der Waals surface area contributed by atoms with Gasteiger partial charge in [-0.25, -0.2) is 0 Å². The molecule has 0 fully saturated rings. The molecule has 7 heteroatoms. The number of thioether (sulfide) groups is 1. The third-order valence-electron chi connectivity index (χ3n) is 4.34. The van der Waals surface area contributed by atoms with E-state index in [1.807, 2.05) is 7.05 Å². The zero-order valence-electron chi connectivity index (χ0n) is 16.8. The van der Waals surface area contributed by atoms with Gasteiger partial charge >= 0.3 is 0 Å². The fourth-order valence-electron chi connectivity index (χ4n) is 2.70. The maximum atomic E-state index is 11.6. The molecule has 4 nitrogen and oxygen atoms in total. The van der Waals surface area contributed by atoms with Crippen molar-refractivity contribution in [2.75, 3.05) is 26.4 Å². The number of nitrogens with one attached hydrogen (secondary N) is 1. The molecule has 0 amide bonds. The van der Waals surface area contributed by atoms with Crippen LogP contribution in [0.3, 0.4) is 0 Å². The maximum absolute atomic E-state index is 11.6. The average molecular weight is 446 g/mol. The van der Waals surface area contributed by atoms with Crippen molar-refractivity contribution in [2.45, 2.75) is 41.0 Å². The molecule has 5 N–H and O–H groups in total. The van der Waals surface area contributed by atoms with Crippen LogP contribution < -0.4 is 16.8 Å². The number of ketones is 1. The Morgan fingerprint density at radius 3 is 2.21 bits per heavy atom. The monoisotopic (exact) mass is 445 g/mol. The Morgan fingerprint density at radius 1 is 1.25 bits per heavy atom. The van der Waals surface area contributed by atoms with Crippen molar-refractivity contribution < 1.29 is 4.79 Å². The van der Waals surface area contributed by atoms with Crippen LogP contribution in [0.4, 0.5) is 0 Å². The second kappa shape index (κ2) is 16.0. The van der Waals surface area contributed by atoms with Crippen LogP contribution in [0, 0.1) is 0 Å². The molecule has 1 aromatic carbocycles. The quantitative estimate of drug-likeness (QED) is 0.254. The van der Waals surface area contributed by atoms with Gasteiger partial charge < -0.3 is 16.8 Å². The van der Waals surface area contributed by atoms with E-state index in [-0.39, 0.29) is 24.3 Å². The number of Topliss-reactive ketones (excluding diaryl/α,β-unsaturated/α-hetero) is 1. The number of allylic oxidation sites excluding steroid dienone is 1. The van der Waals surface area contributed by atoms with Crippen LogP contribution in [0.15, 0.2) is 54.0 Å². The Bertz CT molecular complexity index is 594. The first-order valence-corrected chi connectivity index (χ1v) is 11.2. The minimum absolute atomic E-state index is 0.0967. The zero-order valence-corrected chi connectivity index (χ0v) is 19.1. The van der Waals surface area contributed by atoms with Gasteiger partial charge in [0.1, 0.15) is 10.6 Å². The van der Waals surface area contributed by atoms with Crippen LogP contribution in [0.2, 0.25) is 0 Å². The van der Waals surface area contributed by atoms with Crippen LogP contribution >= 0.6 is 35.0 Å². The molecule has 2 unspecified atom stereocenters. The Kier molecular flexibility index (Phi) is 15.6. The first kappa shape index (κ1) is 27.2. The number of hydrogen-bond acceptors (Lipinski definition) is 5. The number of hydrogen-bond donors (Lipinski definition) is 3. The van der Waals surface area contributed by atoms with Crippen LogP contribution in [0.1, 0.15) is 30.7 Å². The summed E-state index contributed by atoms with van der Waals surface area (Å²) in [6, 6.07) is 8.78. The van der Waals surface area contributed by atoms with Crippen molar-refractivity contribution in [1.29, 1.82) is 0 Å². The van der Waals surface area contributed by atoms with Gasteiger partial charge in [0, 0.05) is 29.8 Å².